The van der Waals surface area contributed by atoms with Crippen molar-refractivity contribution in [1.29, 1.82) is 0 Å². The van der Waals surface area contributed by atoms with E-state index in [0.717, 1.165) is 11.1 Å². The number of nitrogens with one attached hydrogen (secondary N) is 1. The highest BCUT2D eigenvalue weighted by Gasteiger charge is 2.16. The van der Waals surface area contributed by atoms with Crippen molar-refractivity contribution in [2.24, 2.45) is 0 Å². The molecule has 1 heterocycles. The summed E-state index contributed by atoms with van der Waals surface area (Å²) in [6, 6.07) is 17.0. The van der Waals surface area contributed by atoms with E-state index >= 15 is 0 Å². The maximum absolute atomic E-state index is 12.4. The van der Waals surface area contributed by atoms with Crippen LogP contribution in [0, 0.1) is 17.0 Å². The summed E-state index contributed by atoms with van der Waals surface area (Å²) < 4.78 is 5.59. The normalized spacial score (nSPS) is 11.8. The number of hydrogen-bond acceptors (Lipinski definition) is 4. The molecule has 0 saturated carbocycles. The fraction of sp³-hybridized carbons (Fsp3) is 0.150. The maximum Gasteiger partial charge on any atom is 0.287 e. The van der Waals surface area contributed by atoms with Crippen LogP contribution < -0.4 is 5.32 Å². The van der Waals surface area contributed by atoms with Gasteiger partial charge in [0.25, 0.3) is 11.6 Å². The van der Waals surface area contributed by atoms with E-state index in [1.807, 2.05) is 38.1 Å². The molecular weight excluding hydrogens is 332 g/mol. The van der Waals surface area contributed by atoms with Crippen molar-refractivity contribution in [2.75, 3.05) is 0 Å². The van der Waals surface area contributed by atoms with Gasteiger partial charge in [0.2, 0.25) is 0 Å². The molecule has 1 atom stereocenters. The average molecular weight is 350 g/mol. The van der Waals surface area contributed by atoms with Gasteiger partial charge in [0, 0.05) is 17.7 Å². The minimum Gasteiger partial charge on any atom is -0.451 e. The van der Waals surface area contributed by atoms with E-state index in [1.165, 1.54) is 12.1 Å². The second-order valence-corrected chi connectivity index (χ2v) is 6.08. The number of benzene rings is 2. The monoisotopic (exact) mass is 350 g/mol. The SMILES string of the molecule is Cc1ccc(C(C)NC(=O)c2ccc(-c3cccc([N+](=O)[O-])c3)o2)cc1. The van der Waals surface area contributed by atoms with Gasteiger partial charge in [0.1, 0.15) is 5.76 Å². The Morgan fingerprint density at radius 1 is 1.12 bits per heavy atom. The van der Waals surface area contributed by atoms with Gasteiger partial charge in [0.05, 0.1) is 11.0 Å². The summed E-state index contributed by atoms with van der Waals surface area (Å²) in [7, 11) is 0. The van der Waals surface area contributed by atoms with Crippen molar-refractivity contribution in [3.63, 3.8) is 0 Å². The van der Waals surface area contributed by atoms with Crippen LogP contribution in [-0.2, 0) is 0 Å². The Balaban J connectivity index is 1.74. The number of non-ortho nitro benzene ring substituents is 1. The smallest absolute Gasteiger partial charge is 0.287 e. The van der Waals surface area contributed by atoms with Crippen LogP contribution in [-0.4, -0.2) is 10.8 Å². The number of rotatable bonds is 5. The first-order chi connectivity index (χ1) is 12.4. The summed E-state index contributed by atoms with van der Waals surface area (Å²) in [5.41, 5.74) is 2.66. The van der Waals surface area contributed by atoms with Crippen LogP contribution in [0.1, 0.15) is 34.6 Å². The summed E-state index contributed by atoms with van der Waals surface area (Å²) in [5.74, 6) is 0.224. The molecule has 0 aliphatic rings. The van der Waals surface area contributed by atoms with Crippen LogP contribution in [0.4, 0.5) is 5.69 Å². The van der Waals surface area contributed by atoms with Crippen LogP contribution in [0.25, 0.3) is 11.3 Å². The fourth-order valence-electron chi connectivity index (χ4n) is 2.59. The number of nitrogens with zero attached hydrogens (tertiary/aromatic N) is 1. The van der Waals surface area contributed by atoms with Gasteiger partial charge in [-0.3, -0.25) is 14.9 Å². The predicted octanol–water partition coefficient (Wildman–Crippen LogP) is 4.65. The minimum absolute atomic E-state index is 0.0297. The number of nitro groups is 1. The Hall–Kier alpha value is -3.41. The van der Waals surface area contributed by atoms with Crippen LogP contribution in [0.15, 0.2) is 65.1 Å². The molecule has 0 aliphatic carbocycles. The molecule has 132 valence electrons. The third-order valence-electron chi connectivity index (χ3n) is 4.10. The lowest BCUT2D eigenvalue weighted by atomic mass is 10.1. The molecule has 1 amide bonds. The lowest BCUT2D eigenvalue weighted by Gasteiger charge is -2.13. The van der Waals surface area contributed by atoms with E-state index in [-0.39, 0.29) is 23.4 Å². The molecule has 0 spiro atoms. The molecule has 3 rings (SSSR count). The zero-order valence-electron chi connectivity index (χ0n) is 14.4. The Morgan fingerprint density at radius 2 is 1.85 bits per heavy atom. The quantitative estimate of drug-likeness (QED) is 0.536. The van der Waals surface area contributed by atoms with Crippen molar-refractivity contribution in [1.82, 2.24) is 5.32 Å². The highest BCUT2D eigenvalue weighted by atomic mass is 16.6. The van der Waals surface area contributed by atoms with Crippen molar-refractivity contribution in [3.05, 3.63) is 87.7 Å². The van der Waals surface area contributed by atoms with Crippen molar-refractivity contribution in [2.45, 2.75) is 19.9 Å². The summed E-state index contributed by atoms with van der Waals surface area (Å²) in [6.07, 6.45) is 0. The van der Waals surface area contributed by atoms with Crippen LogP contribution in [0.5, 0.6) is 0 Å². The Bertz CT molecular complexity index is 944. The van der Waals surface area contributed by atoms with Gasteiger partial charge >= 0.3 is 0 Å². The van der Waals surface area contributed by atoms with Gasteiger partial charge in [-0.05, 0) is 31.5 Å². The molecule has 0 saturated heterocycles. The van der Waals surface area contributed by atoms with E-state index in [1.54, 1.807) is 24.3 Å². The number of furan rings is 1. The largest absolute Gasteiger partial charge is 0.451 e. The van der Waals surface area contributed by atoms with Crippen LogP contribution in [0.2, 0.25) is 0 Å². The number of amides is 1. The van der Waals surface area contributed by atoms with E-state index in [0.29, 0.717) is 11.3 Å². The third-order valence-corrected chi connectivity index (χ3v) is 4.10. The number of aryl methyl sites for hydroxylation is 1. The Kier molecular flexibility index (Phi) is 4.84. The van der Waals surface area contributed by atoms with Gasteiger partial charge in [-0.25, -0.2) is 0 Å². The molecule has 1 aromatic heterocycles. The first-order valence-corrected chi connectivity index (χ1v) is 8.16. The zero-order valence-corrected chi connectivity index (χ0v) is 14.4. The molecule has 0 aliphatic heterocycles. The molecule has 2 aromatic carbocycles. The number of hydrogen-bond donors (Lipinski definition) is 1. The molecule has 26 heavy (non-hydrogen) atoms. The molecule has 6 nitrogen and oxygen atoms in total. The van der Waals surface area contributed by atoms with Gasteiger partial charge < -0.3 is 9.73 Å². The van der Waals surface area contributed by atoms with Gasteiger partial charge in [-0.1, -0.05) is 42.0 Å². The van der Waals surface area contributed by atoms with Crippen molar-refractivity contribution in [3.8, 4) is 11.3 Å². The second-order valence-electron chi connectivity index (χ2n) is 6.08. The van der Waals surface area contributed by atoms with E-state index in [9.17, 15) is 14.9 Å². The number of carbonyl (C=O) groups excluding carboxylic acids is 1. The second kappa shape index (κ2) is 7.23. The van der Waals surface area contributed by atoms with Gasteiger partial charge in [-0.15, -0.1) is 0 Å². The van der Waals surface area contributed by atoms with Crippen LogP contribution in [0.3, 0.4) is 0 Å². The third kappa shape index (κ3) is 3.80. The highest BCUT2D eigenvalue weighted by Crippen LogP contribution is 2.26. The summed E-state index contributed by atoms with van der Waals surface area (Å²) in [6.45, 7) is 3.90. The maximum atomic E-state index is 12.4. The van der Waals surface area contributed by atoms with Crippen LogP contribution >= 0.6 is 0 Å². The lowest BCUT2D eigenvalue weighted by molar-refractivity contribution is -0.384. The lowest BCUT2D eigenvalue weighted by Crippen LogP contribution is -2.26. The molecule has 0 radical (unpaired) electrons. The van der Waals surface area contributed by atoms with Crippen molar-refractivity contribution >= 4 is 11.6 Å². The molecule has 6 heteroatoms. The van der Waals surface area contributed by atoms with E-state index < -0.39 is 4.92 Å². The molecule has 1 N–H and O–H groups in total. The number of carbonyl (C=O) groups is 1. The fourth-order valence-corrected chi connectivity index (χ4v) is 2.59. The molecule has 0 bridgehead atoms. The number of nitro benzene ring substituents is 1. The van der Waals surface area contributed by atoms with E-state index in [2.05, 4.69) is 5.32 Å². The van der Waals surface area contributed by atoms with E-state index in [4.69, 9.17) is 4.42 Å². The van der Waals surface area contributed by atoms with Crippen molar-refractivity contribution < 1.29 is 14.1 Å². The minimum atomic E-state index is -0.469. The highest BCUT2D eigenvalue weighted by molar-refractivity contribution is 5.92. The predicted molar refractivity (Wildman–Crippen MR) is 97.9 cm³/mol. The summed E-state index contributed by atoms with van der Waals surface area (Å²) >= 11 is 0. The zero-order chi connectivity index (χ0) is 18.7. The molecule has 3 aromatic rings. The summed E-state index contributed by atoms with van der Waals surface area (Å²) in [5, 5.41) is 13.8. The molecule has 0 fully saturated rings. The molecular formula is C20H18N2O4. The molecule has 1 unspecified atom stereocenters. The first-order valence-electron chi connectivity index (χ1n) is 8.16. The summed E-state index contributed by atoms with van der Waals surface area (Å²) in [4.78, 5) is 22.8. The Morgan fingerprint density at radius 3 is 2.54 bits per heavy atom. The standard InChI is InChI=1S/C20H18N2O4/c1-13-6-8-15(9-7-13)14(2)21-20(23)19-11-10-18(26-19)16-4-3-5-17(12-16)22(24)25/h3-12,14H,1-2H3,(H,21,23). The topological polar surface area (TPSA) is 85.4 Å². The van der Waals surface area contributed by atoms with Gasteiger partial charge in [0.15, 0.2) is 5.76 Å². The average Bonchev–Trinajstić information content (AvgIpc) is 3.12. The van der Waals surface area contributed by atoms with Gasteiger partial charge in [-0.2, -0.15) is 0 Å². The Labute approximate surface area is 150 Å². The first kappa shape index (κ1) is 17.4.